The molecule has 92 valence electrons. The lowest BCUT2D eigenvalue weighted by Gasteiger charge is -2.01. The Morgan fingerprint density at radius 1 is 1.33 bits per heavy atom. The number of hydrogen-bond donors (Lipinski definition) is 1. The van der Waals surface area contributed by atoms with Crippen molar-refractivity contribution < 1.29 is 4.84 Å². The first-order valence-corrected chi connectivity index (χ1v) is 6.07. The highest BCUT2D eigenvalue weighted by molar-refractivity contribution is 6.31. The van der Waals surface area contributed by atoms with Crippen molar-refractivity contribution in [2.75, 3.05) is 13.2 Å². The molecular formula is C13H12ClN3O. The molecule has 0 aliphatic carbocycles. The molecular weight excluding hydrogens is 250 g/mol. The predicted octanol–water partition coefficient (Wildman–Crippen LogP) is 2.17. The molecule has 0 fully saturated rings. The van der Waals surface area contributed by atoms with E-state index in [0.29, 0.717) is 18.2 Å². The van der Waals surface area contributed by atoms with E-state index in [9.17, 15) is 0 Å². The highest BCUT2D eigenvalue weighted by atomic mass is 35.5. The molecule has 3 rings (SSSR count). The van der Waals surface area contributed by atoms with Gasteiger partial charge in [0.2, 0.25) is 0 Å². The number of hydrogen-bond acceptors (Lipinski definition) is 3. The molecule has 5 heteroatoms. The van der Waals surface area contributed by atoms with Crippen LogP contribution in [-0.4, -0.2) is 23.4 Å². The molecule has 1 aromatic carbocycles. The van der Waals surface area contributed by atoms with Crippen LogP contribution in [0.15, 0.2) is 41.7 Å². The molecule has 0 amide bonds. The molecule has 4 nitrogen and oxygen atoms in total. The average Bonchev–Trinajstić information content (AvgIpc) is 2.92. The van der Waals surface area contributed by atoms with Gasteiger partial charge in [-0.1, -0.05) is 16.8 Å². The molecule has 0 radical (unpaired) electrons. The summed E-state index contributed by atoms with van der Waals surface area (Å²) in [6, 6.07) is 9.70. The molecule has 2 N–H and O–H groups in total. The summed E-state index contributed by atoms with van der Waals surface area (Å²) in [6.45, 7) is 0.860. The summed E-state index contributed by atoms with van der Waals surface area (Å²) in [7, 11) is 0. The molecule has 0 bridgehead atoms. The Morgan fingerprint density at radius 3 is 3.06 bits per heavy atom. The first-order valence-electron chi connectivity index (χ1n) is 5.69. The summed E-state index contributed by atoms with van der Waals surface area (Å²) in [5.41, 5.74) is 9.25. The lowest BCUT2D eigenvalue weighted by molar-refractivity contribution is 0.152. The van der Waals surface area contributed by atoms with Gasteiger partial charge in [0, 0.05) is 23.3 Å². The van der Waals surface area contributed by atoms with E-state index in [4.69, 9.17) is 22.2 Å². The van der Waals surface area contributed by atoms with Crippen molar-refractivity contribution in [3.8, 4) is 5.69 Å². The zero-order chi connectivity index (χ0) is 12.5. The third kappa shape index (κ3) is 1.70. The van der Waals surface area contributed by atoms with Gasteiger partial charge in [0.15, 0.2) is 0 Å². The van der Waals surface area contributed by atoms with E-state index in [0.717, 1.165) is 22.7 Å². The van der Waals surface area contributed by atoms with E-state index >= 15 is 0 Å². The summed E-state index contributed by atoms with van der Waals surface area (Å²) in [5, 5.41) is 4.88. The number of halogens is 1. The van der Waals surface area contributed by atoms with Gasteiger partial charge in [0.1, 0.15) is 12.3 Å². The molecule has 0 saturated carbocycles. The second-order valence-electron chi connectivity index (χ2n) is 3.99. The number of aromatic nitrogens is 1. The minimum Gasteiger partial charge on any atom is -0.394 e. The van der Waals surface area contributed by atoms with Crippen LogP contribution in [0.25, 0.3) is 5.69 Å². The van der Waals surface area contributed by atoms with Crippen LogP contribution in [0.5, 0.6) is 0 Å². The average molecular weight is 262 g/mol. The van der Waals surface area contributed by atoms with Crippen molar-refractivity contribution in [1.82, 2.24) is 4.57 Å². The van der Waals surface area contributed by atoms with Crippen molar-refractivity contribution in [2.45, 2.75) is 0 Å². The lowest BCUT2D eigenvalue weighted by atomic mass is 10.1. The smallest absolute Gasteiger partial charge is 0.136 e. The van der Waals surface area contributed by atoms with Gasteiger partial charge in [-0.25, -0.2) is 0 Å². The van der Waals surface area contributed by atoms with Gasteiger partial charge in [0.05, 0.1) is 11.4 Å². The number of nitrogens with two attached hydrogens (primary N) is 1. The largest absolute Gasteiger partial charge is 0.394 e. The van der Waals surface area contributed by atoms with Gasteiger partial charge in [-0.2, -0.15) is 0 Å². The van der Waals surface area contributed by atoms with Gasteiger partial charge in [-0.05, 0) is 30.3 Å². The van der Waals surface area contributed by atoms with Crippen LogP contribution in [0, 0.1) is 0 Å². The predicted molar refractivity (Wildman–Crippen MR) is 71.4 cm³/mol. The summed E-state index contributed by atoms with van der Waals surface area (Å²) < 4.78 is 2.05. The Kier molecular flexibility index (Phi) is 2.81. The Bertz CT molecular complexity index is 618. The van der Waals surface area contributed by atoms with Gasteiger partial charge in [-0.3, -0.25) is 0 Å². The van der Waals surface area contributed by atoms with Crippen LogP contribution >= 0.6 is 11.6 Å². The molecule has 1 aromatic heterocycles. The van der Waals surface area contributed by atoms with Crippen LogP contribution in [0.1, 0.15) is 11.3 Å². The van der Waals surface area contributed by atoms with E-state index in [2.05, 4.69) is 5.16 Å². The van der Waals surface area contributed by atoms with Crippen LogP contribution in [-0.2, 0) is 4.84 Å². The van der Waals surface area contributed by atoms with Crippen molar-refractivity contribution in [3.63, 3.8) is 0 Å². The topological polar surface area (TPSA) is 52.5 Å². The van der Waals surface area contributed by atoms with E-state index in [1.54, 1.807) is 0 Å². The van der Waals surface area contributed by atoms with Gasteiger partial charge < -0.3 is 15.1 Å². The third-order valence-corrected chi connectivity index (χ3v) is 3.07. The first kappa shape index (κ1) is 11.3. The fourth-order valence-corrected chi connectivity index (χ4v) is 2.25. The van der Waals surface area contributed by atoms with Crippen LogP contribution in [0.3, 0.4) is 0 Å². The minimum absolute atomic E-state index is 0.410. The number of fused-ring (bicyclic) bond motifs is 3. The number of rotatable bonds is 3. The summed E-state index contributed by atoms with van der Waals surface area (Å²) in [5.74, 6) is 0. The Hall–Kier alpha value is -1.78. The maximum absolute atomic E-state index is 6.03. The van der Waals surface area contributed by atoms with E-state index in [-0.39, 0.29) is 0 Å². The summed E-state index contributed by atoms with van der Waals surface area (Å²) in [6.07, 6.45) is 1.98. The molecule has 18 heavy (non-hydrogen) atoms. The molecule has 0 saturated heterocycles. The highest BCUT2D eigenvalue weighted by Gasteiger charge is 2.25. The van der Waals surface area contributed by atoms with Crippen LogP contribution in [0.4, 0.5) is 0 Å². The first-order chi connectivity index (χ1) is 8.81. The zero-order valence-electron chi connectivity index (χ0n) is 9.64. The maximum Gasteiger partial charge on any atom is 0.136 e. The SMILES string of the molecule is NCCO/N=C1/c2ccc(Cl)cc2-n2cccc21. The standard InChI is InChI=1S/C13H12ClN3O/c14-9-3-4-10-12(8-9)17-6-1-2-11(17)13(10)16-18-7-5-15/h1-4,6,8H,5,7,15H2/b16-13-. The normalized spacial score (nSPS) is 14.7. The summed E-state index contributed by atoms with van der Waals surface area (Å²) >= 11 is 6.03. The fraction of sp³-hybridized carbons (Fsp3) is 0.154. The van der Waals surface area contributed by atoms with Crippen molar-refractivity contribution in [2.24, 2.45) is 10.9 Å². The third-order valence-electron chi connectivity index (χ3n) is 2.83. The van der Waals surface area contributed by atoms with Gasteiger partial charge >= 0.3 is 0 Å². The van der Waals surface area contributed by atoms with Crippen LogP contribution in [0.2, 0.25) is 5.02 Å². The molecule has 1 aliphatic rings. The van der Waals surface area contributed by atoms with Gasteiger partial charge in [-0.15, -0.1) is 0 Å². The molecule has 2 heterocycles. The number of oxime groups is 1. The fourth-order valence-electron chi connectivity index (χ4n) is 2.09. The molecule has 0 spiro atoms. The Morgan fingerprint density at radius 2 is 2.22 bits per heavy atom. The zero-order valence-corrected chi connectivity index (χ0v) is 10.4. The maximum atomic E-state index is 6.03. The minimum atomic E-state index is 0.410. The highest BCUT2D eigenvalue weighted by Crippen LogP contribution is 2.30. The quantitative estimate of drug-likeness (QED) is 0.580. The second-order valence-corrected chi connectivity index (χ2v) is 4.42. The van der Waals surface area contributed by atoms with Crippen LogP contribution < -0.4 is 5.73 Å². The monoisotopic (exact) mass is 261 g/mol. The van der Waals surface area contributed by atoms with E-state index in [1.807, 2.05) is 41.1 Å². The van der Waals surface area contributed by atoms with E-state index in [1.165, 1.54) is 0 Å². The second kappa shape index (κ2) is 4.48. The van der Waals surface area contributed by atoms with Crippen molar-refractivity contribution in [3.05, 3.63) is 52.8 Å². The van der Waals surface area contributed by atoms with Crippen molar-refractivity contribution >= 4 is 17.3 Å². The Balaban J connectivity index is 2.10. The van der Waals surface area contributed by atoms with Gasteiger partial charge in [0.25, 0.3) is 0 Å². The molecule has 1 aliphatic heterocycles. The molecule has 0 atom stereocenters. The lowest BCUT2D eigenvalue weighted by Crippen LogP contribution is -2.07. The molecule has 2 aromatic rings. The van der Waals surface area contributed by atoms with Crippen molar-refractivity contribution in [1.29, 1.82) is 0 Å². The number of benzene rings is 1. The number of nitrogens with zero attached hydrogens (tertiary/aromatic N) is 2. The Labute approximate surface area is 110 Å². The summed E-state index contributed by atoms with van der Waals surface area (Å²) in [4.78, 5) is 5.20. The van der Waals surface area contributed by atoms with E-state index < -0.39 is 0 Å². The molecule has 0 unspecified atom stereocenters.